The number of nitriles is 1. The number of halogens is 1. The summed E-state index contributed by atoms with van der Waals surface area (Å²) in [5.41, 5.74) is 1.53. The smallest absolute Gasteiger partial charge is 0.202 e. The molecule has 0 aliphatic rings. The van der Waals surface area contributed by atoms with Gasteiger partial charge in [0.15, 0.2) is 0 Å². The monoisotopic (exact) mass is 275 g/mol. The van der Waals surface area contributed by atoms with Crippen molar-refractivity contribution >= 4 is 28.7 Å². The Hall–Kier alpha value is -1.63. The van der Waals surface area contributed by atoms with Crippen molar-refractivity contribution in [3.8, 4) is 6.07 Å². The highest BCUT2D eigenvalue weighted by Crippen LogP contribution is 2.24. The summed E-state index contributed by atoms with van der Waals surface area (Å²) in [5, 5.41) is 8.82. The van der Waals surface area contributed by atoms with Gasteiger partial charge in [-0.3, -0.25) is 4.79 Å². The molecule has 1 atom stereocenters. The summed E-state index contributed by atoms with van der Waals surface area (Å²) in [7, 11) is 0. The predicted octanol–water partition coefficient (Wildman–Crippen LogP) is 4.26. The molecule has 4 heteroatoms. The zero-order valence-corrected chi connectivity index (χ0v) is 11.3. The van der Waals surface area contributed by atoms with E-state index < -0.39 is 0 Å². The van der Waals surface area contributed by atoms with Crippen LogP contribution in [0.2, 0.25) is 4.34 Å². The van der Waals surface area contributed by atoms with Crippen molar-refractivity contribution in [3.05, 3.63) is 56.7 Å². The van der Waals surface area contributed by atoms with Crippen LogP contribution in [0.4, 0.5) is 0 Å². The van der Waals surface area contributed by atoms with Crippen LogP contribution in [-0.4, -0.2) is 5.78 Å². The van der Waals surface area contributed by atoms with E-state index in [1.807, 2.05) is 19.1 Å². The highest BCUT2D eigenvalue weighted by atomic mass is 35.5. The number of hydrogen-bond acceptors (Lipinski definition) is 3. The van der Waals surface area contributed by atoms with E-state index in [4.69, 9.17) is 16.9 Å². The molecule has 0 radical (unpaired) electrons. The Balaban J connectivity index is 2.25. The van der Waals surface area contributed by atoms with Crippen LogP contribution in [0.5, 0.6) is 0 Å². The molecule has 0 saturated carbocycles. The molecular formula is C14H10ClNOS. The molecule has 0 aliphatic carbocycles. The van der Waals surface area contributed by atoms with E-state index in [0.717, 1.165) is 5.56 Å². The van der Waals surface area contributed by atoms with Gasteiger partial charge in [-0.15, -0.1) is 11.3 Å². The predicted molar refractivity (Wildman–Crippen MR) is 73.2 cm³/mol. The van der Waals surface area contributed by atoms with Crippen LogP contribution in [-0.2, 0) is 0 Å². The van der Waals surface area contributed by atoms with Crippen LogP contribution in [0.15, 0.2) is 36.4 Å². The summed E-state index contributed by atoms with van der Waals surface area (Å²) in [4.78, 5) is 12.7. The fourth-order valence-corrected chi connectivity index (χ4v) is 2.58. The Labute approximate surface area is 114 Å². The topological polar surface area (TPSA) is 40.9 Å². The van der Waals surface area contributed by atoms with E-state index in [9.17, 15) is 4.79 Å². The quantitative estimate of drug-likeness (QED) is 0.785. The number of rotatable bonds is 3. The third-order valence-electron chi connectivity index (χ3n) is 2.66. The number of carbonyl (C=O) groups excluding carboxylic acids is 1. The molecule has 0 fully saturated rings. The molecule has 1 heterocycles. The summed E-state index contributed by atoms with van der Waals surface area (Å²) in [6, 6.07) is 12.7. The molecule has 0 aliphatic heterocycles. The maximum atomic E-state index is 12.1. The molecule has 0 amide bonds. The minimum atomic E-state index is -0.162. The fourth-order valence-electron chi connectivity index (χ4n) is 1.58. The number of nitrogens with zero attached hydrogens (tertiary/aromatic N) is 1. The Bertz CT molecular complexity index is 609. The third kappa shape index (κ3) is 2.61. The molecule has 2 nitrogen and oxygen atoms in total. The fraction of sp³-hybridized carbons (Fsp3) is 0.143. The lowest BCUT2D eigenvalue weighted by Crippen LogP contribution is -1.99. The van der Waals surface area contributed by atoms with Crippen LogP contribution in [0.3, 0.4) is 0 Å². The first-order valence-electron chi connectivity index (χ1n) is 5.41. The average molecular weight is 276 g/mol. The normalized spacial score (nSPS) is 11.8. The molecule has 0 N–H and O–H groups in total. The molecule has 0 spiro atoms. The highest BCUT2D eigenvalue weighted by molar-refractivity contribution is 7.18. The second-order valence-electron chi connectivity index (χ2n) is 3.91. The van der Waals surface area contributed by atoms with Crippen molar-refractivity contribution in [2.45, 2.75) is 12.8 Å². The number of carbonyl (C=O) groups is 1. The van der Waals surface area contributed by atoms with Gasteiger partial charge in [0.05, 0.1) is 21.2 Å². The zero-order chi connectivity index (χ0) is 13.1. The molecule has 2 aromatic rings. The van der Waals surface area contributed by atoms with Gasteiger partial charge in [0.25, 0.3) is 0 Å². The second-order valence-corrected chi connectivity index (χ2v) is 5.62. The van der Waals surface area contributed by atoms with Crippen molar-refractivity contribution in [1.82, 2.24) is 0 Å². The van der Waals surface area contributed by atoms with Gasteiger partial charge in [0.1, 0.15) is 0 Å². The van der Waals surface area contributed by atoms with Gasteiger partial charge < -0.3 is 0 Å². The average Bonchev–Trinajstić information content (AvgIpc) is 2.84. The first-order valence-corrected chi connectivity index (χ1v) is 6.61. The molecule has 0 saturated heterocycles. The first kappa shape index (κ1) is 12.8. The zero-order valence-electron chi connectivity index (χ0n) is 9.68. The van der Waals surface area contributed by atoms with Gasteiger partial charge in [-0.25, -0.2) is 0 Å². The van der Waals surface area contributed by atoms with Gasteiger partial charge in [-0.2, -0.15) is 5.26 Å². The Morgan fingerprint density at radius 1 is 1.28 bits per heavy atom. The van der Waals surface area contributed by atoms with Crippen LogP contribution in [0.1, 0.15) is 33.6 Å². The van der Waals surface area contributed by atoms with Crippen molar-refractivity contribution in [1.29, 1.82) is 5.26 Å². The minimum absolute atomic E-state index is 0.0388. The van der Waals surface area contributed by atoms with Gasteiger partial charge in [-0.1, -0.05) is 35.9 Å². The minimum Gasteiger partial charge on any atom is -0.288 e. The van der Waals surface area contributed by atoms with Crippen LogP contribution in [0, 0.1) is 11.3 Å². The lowest BCUT2D eigenvalue weighted by Gasteiger charge is -2.03. The largest absolute Gasteiger partial charge is 0.288 e. The summed E-state index contributed by atoms with van der Waals surface area (Å²) in [6.07, 6.45) is 0. The summed E-state index contributed by atoms with van der Waals surface area (Å²) in [6.45, 7) is 1.83. The van der Waals surface area contributed by atoms with Crippen LogP contribution in [0.25, 0.3) is 0 Å². The Kier molecular flexibility index (Phi) is 3.81. The van der Waals surface area contributed by atoms with Crippen molar-refractivity contribution in [2.75, 3.05) is 0 Å². The van der Waals surface area contributed by atoms with Gasteiger partial charge in [0, 0.05) is 5.56 Å². The number of ketones is 1. The molecule has 2 rings (SSSR count). The van der Waals surface area contributed by atoms with E-state index in [-0.39, 0.29) is 11.7 Å². The van der Waals surface area contributed by atoms with Crippen molar-refractivity contribution < 1.29 is 4.79 Å². The number of benzene rings is 1. The van der Waals surface area contributed by atoms with E-state index in [1.54, 1.807) is 24.3 Å². The van der Waals surface area contributed by atoms with Gasteiger partial charge in [0.2, 0.25) is 5.78 Å². The Morgan fingerprint density at radius 2 is 1.94 bits per heavy atom. The van der Waals surface area contributed by atoms with Crippen molar-refractivity contribution in [3.63, 3.8) is 0 Å². The van der Waals surface area contributed by atoms with Gasteiger partial charge >= 0.3 is 0 Å². The first-order chi connectivity index (χ1) is 8.61. The van der Waals surface area contributed by atoms with Gasteiger partial charge in [-0.05, 0) is 24.6 Å². The molecule has 0 bridgehead atoms. The van der Waals surface area contributed by atoms with Crippen molar-refractivity contribution in [2.24, 2.45) is 0 Å². The second kappa shape index (κ2) is 5.34. The molecular weight excluding hydrogens is 266 g/mol. The highest BCUT2D eigenvalue weighted by Gasteiger charge is 2.12. The third-order valence-corrected chi connectivity index (χ3v) is 3.89. The van der Waals surface area contributed by atoms with E-state index in [2.05, 4.69) is 6.07 Å². The SMILES string of the molecule is CC(C#N)c1ccc(C(=O)c2ccc(Cl)s2)cc1. The van der Waals surface area contributed by atoms with E-state index in [0.29, 0.717) is 14.8 Å². The summed E-state index contributed by atoms with van der Waals surface area (Å²) >= 11 is 7.08. The van der Waals surface area contributed by atoms with Crippen LogP contribution < -0.4 is 0 Å². The lowest BCUT2D eigenvalue weighted by molar-refractivity contribution is 0.104. The summed E-state index contributed by atoms with van der Waals surface area (Å²) < 4.78 is 0.605. The van der Waals surface area contributed by atoms with E-state index in [1.165, 1.54) is 11.3 Å². The lowest BCUT2D eigenvalue weighted by atomic mass is 10.00. The molecule has 1 unspecified atom stereocenters. The number of hydrogen-bond donors (Lipinski definition) is 0. The number of thiophene rings is 1. The molecule has 1 aromatic heterocycles. The summed E-state index contributed by atoms with van der Waals surface area (Å²) in [5.74, 6) is -0.201. The molecule has 18 heavy (non-hydrogen) atoms. The van der Waals surface area contributed by atoms with Crippen LogP contribution >= 0.6 is 22.9 Å². The molecule has 90 valence electrons. The molecule has 1 aromatic carbocycles. The standard InChI is InChI=1S/C14H10ClNOS/c1-9(8-16)10-2-4-11(5-3-10)14(17)12-6-7-13(15)18-12/h2-7,9H,1H3. The Morgan fingerprint density at radius 3 is 2.44 bits per heavy atom. The van der Waals surface area contributed by atoms with E-state index >= 15 is 0 Å². The maximum absolute atomic E-state index is 12.1. The maximum Gasteiger partial charge on any atom is 0.202 e.